The van der Waals surface area contributed by atoms with Gasteiger partial charge in [-0.2, -0.15) is 0 Å². The molecule has 1 aliphatic heterocycles. The van der Waals surface area contributed by atoms with Crippen LogP contribution in [0.25, 0.3) is 0 Å². The summed E-state index contributed by atoms with van der Waals surface area (Å²) >= 11 is 1.23. The van der Waals surface area contributed by atoms with Crippen molar-refractivity contribution in [2.75, 3.05) is 19.6 Å². The van der Waals surface area contributed by atoms with E-state index in [-0.39, 0.29) is 0 Å². The zero-order valence-electron chi connectivity index (χ0n) is 12.0. The summed E-state index contributed by atoms with van der Waals surface area (Å²) in [6.07, 6.45) is 1.05. The van der Waals surface area contributed by atoms with Crippen LogP contribution in [0.5, 0.6) is 0 Å². The SMILES string of the molecule is CC(C)N1CCC(CNS(=O)(=O)c2cc(CN)cs2)C1. The van der Waals surface area contributed by atoms with Gasteiger partial charge in [0, 0.05) is 25.7 Å². The third kappa shape index (κ3) is 3.79. The van der Waals surface area contributed by atoms with Crippen LogP contribution in [0.2, 0.25) is 0 Å². The maximum Gasteiger partial charge on any atom is 0.250 e. The molecule has 0 aliphatic carbocycles. The lowest BCUT2D eigenvalue weighted by atomic mass is 10.1. The molecule has 1 unspecified atom stereocenters. The Bertz CT molecular complexity index is 540. The van der Waals surface area contributed by atoms with Crippen LogP contribution < -0.4 is 10.5 Å². The fraction of sp³-hybridized carbons (Fsp3) is 0.692. The first-order valence-corrected chi connectivity index (χ1v) is 9.30. The molecule has 0 amide bonds. The predicted molar refractivity (Wildman–Crippen MR) is 82.2 cm³/mol. The molecule has 1 fully saturated rings. The first kappa shape index (κ1) is 15.9. The van der Waals surface area contributed by atoms with Crippen molar-refractivity contribution in [3.8, 4) is 0 Å². The smallest absolute Gasteiger partial charge is 0.250 e. The van der Waals surface area contributed by atoms with E-state index in [2.05, 4.69) is 23.5 Å². The Balaban J connectivity index is 1.90. The van der Waals surface area contributed by atoms with Gasteiger partial charge in [-0.15, -0.1) is 11.3 Å². The lowest BCUT2D eigenvalue weighted by molar-refractivity contribution is 0.265. The molecule has 5 nitrogen and oxygen atoms in total. The topological polar surface area (TPSA) is 75.4 Å². The second-order valence-electron chi connectivity index (χ2n) is 5.57. The molecular weight excluding hydrogens is 294 g/mol. The number of hydrogen-bond donors (Lipinski definition) is 2. The zero-order valence-corrected chi connectivity index (χ0v) is 13.6. The summed E-state index contributed by atoms with van der Waals surface area (Å²) in [7, 11) is -3.38. The molecule has 2 heterocycles. The van der Waals surface area contributed by atoms with Gasteiger partial charge in [0.2, 0.25) is 10.0 Å². The van der Waals surface area contributed by atoms with Crippen LogP contribution in [0.4, 0.5) is 0 Å². The van der Waals surface area contributed by atoms with E-state index in [0.29, 0.717) is 29.3 Å². The van der Waals surface area contributed by atoms with Gasteiger partial charge in [0.25, 0.3) is 0 Å². The third-order valence-electron chi connectivity index (χ3n) is 3.74. The average Bonchev–Trinajstić information content (AvgIpc) is 3.05. The number of hydrogen-bond acceptors (Lipinski definition) is 5. The molecular formula is C13H23N3O2S2. The summed E-state index contributed by atoms with van der Waals surface area (Å²) in [6.45, 7) is 7.26. The molecule has 1 atom stereocenters. The molecule has 3 N–H and O–H groups in total. The fourth-order valence-electron chi connectivity index (χ4n) is 2.40. The van der Waals surface area contributed by atoms with Gasteiger partial charge in [0.15, 0.2) is 0 Å². The number of likely N-dealkylation sites (tertiary alicyclic amines) is 1. The normalized spacial score (nSPS) is 20.9. The Morgan fingerprint density at radius 2 is 2.30 bits per heavy atom. The molecule has 1 aromatic heterocycles. The van der Waals surface area contributed by atoms with E-state index in [9.17, 15) is 8.42 Å². The molecule has 1 aromatic rings. The first-order chi connectivity index (χ1) is 9.42. The molecule has 2 rings (SSSR count). The van der Waals surface area contributed by atoms with Crippen molar-refractivity contribution in [2.24, 2.45) is 11.7 Å². The molecule has 0 radical (unpaired) electrons. The van der Waals surface area contributed by atoms with Gasteiger partial charge in [-0.3, -0.25) is 0 Å². The largest absolute Gasteiger partial charge is 0.326 e. The number of nitrogens with one attached hydrogen (secondary N) is 1. The monoisotopic (exact) mass is 317 g/mol. The number of nitrogens with two attached hydrogens (primary N) is 1. The lowest BCUT2D eigenvalue weighted by Gasteiger charge is -2.20. The molecule has 20 heavy (non-hydrogen) atoms. The zero-order chi connectivity index (χ0) is 14.8. The standard InChI is InChI=1S/C13H23N3O2S2/c1-10(2)16-4-3-11(8-16)7-15-20(17,18)13-5-12(6-14)9-19-13/h5,9-11,15H,3-4,6-8,14H2,1-2H3. The third-order valence-corrected chi connectivity index (χ3v) is 6.65. The minimum atomic E-state index is -3.38. The van der Waals surface area contributed by atoms with Crippen molar-refractivity contribution in [3.05, 3.63) is 17.0 Å². The van der Waals surface area contributed by atoms with E-state index in [1.165, 1.54) is 11.3 Å². The van der Waals surface area contributed by atoms with Crippen LogP contribution in [0.15, 0.2) is 15.7 Å². The van der Waals surface area contributed by atoms with Gasteiger partial charge in [-0.25, -0.2) is 13.1 Å². The van der Waals surface area contributed by atoms with E-state index in [1.807, 2.05) is 0 Å². The van der Waals surface area contributed by atoms with Crippen molar-refractivity contribution in [2.45, 2.75) is 37.1 Å². The first-order valence-electron chi connectivity index (χ1n) is 6.93. The highest BCUT2D eigenvalue weighted by molar-refractivity contribution is 7.91. The molecule has 1 aliphatic rings. The molecule has 0 bridgehead atoms. The quantitative estimate of drug-likeness (QED) is 0.827. The van der Waals surface area contributed by atoms with Gasteiger partial charge < -0.3 is 10.6 Å². The number of thiophene rings is 1. The highest BCUT2D eigenvalue weighted by atomic mass is 32.2. The molecule has 1 saturated heterocycles. The summed E-state index contributed by atoms with van der Waals surface area (Å²) in [6, 6.07) is 2.18. The van der Waals surface area contributed by atoms with E-state index in [0.717, 1.165) is 25.1 Å². The minimum Gasteiger partial charge on any atom is -0.326 e. The van der Waals surface area contributed by atoms with Gasteiger partial charge in [-0.1, -0.05) is 0 Å². The summed E-state index contributed by atoms with van der Waals surface area (Å²) in [4.78, 5) is 2.39. The maximum atomic E-state index is 12.2. The summed E-state index contributed by atoms with van der Waals surface area (Å²) in [5.41, 5.74) is 6.37. The minimum absolute atomic E-state index is 0.358. The molecule has 7 heteroatoms. The highest BCUT2D eigenvalue weighted by Gasteiger charge is 2.26. The Kier molecular flexibility index (Phi) is 5.19. The van der Waals surface area contributed by atoms with Crippen LogP contribution in [0.1, 0.15) is 25.8 Å². The van der Waals surface area contributed by atoms with Crippen LogP contribution in [0.3, 0.4) is 0 Å². The lowest BCUT2D eigenvalue weighted by Crippen LogP contribution is -2.32. The van der Waals surface area contributed by atoms with Gasteiger partial charge in [0.05, 0.1) is 0 Å². The van der Waals surface area contributed by atoms with Crippen molar-refractivity contribution in [3.63, 3.8) is 0 Å². The second-order valence-corrected chi connectivity index (χ2v) is 8.48. The second kappa shape index (κ2) is 6.53. The molecule has 0 spiro atoms. The number of nitrogens with zero attached hydrogens (tertiary/aromatic N) is 1. The van der Waals surface area contributed by atoms with Gasteiger partial charge >= 0.3 is 0 Å². The van der Waals surface area contributed by atoms with Gasteiger partial charge in [0.1, 0.15) is 4.21 Å². The predicted octanol–water partition coefficient (Wildman–Crippen LogP) is 1.22. The van der Waals surface area contributed by atoms with Crippen LogP contribution in [-0.4, -0.2) is 39.0 Å². The highest BCUT2D eigenvalue weighted by Crippen LogP contribution is 2.21. The molecule has 0 aromatic carbocycles. The molecule has 0 saturated carbocycles. The Morgan fingerprint density at radius 3 is 2.85 bits per heavy atom. The van der Waals surface area contributed by atoms with E-state index in [4.69, 9.17) is 5.73 Å². The van der Waals surface area contributed by atoms with E-state index in [1.54, 1.807) is 11.4 Å². The van der Waals surface area contributed by atoms with Crippen molar-refractivity contribution < 1.29 is 8.42 Å². The summed E-state index contributed by atoms with van der Waals surface area (Å²) in [5.74, 6) is 0.404. The Morgan fingerprint density at radius 1 is 1.55 bits per heavy atom. The van der Waals surface area contributed by atoms with Crippen LogP contribution in [0, 0.1) is 5.92 Å². The van der Waals surface area contributed by atoms with E-state index < -0.39 is 10.0 Å². The summed E-state index contributed by atoms with van der Waals surface area (Å²) < 4.78 is 27.4. The molecule has 114 valence electrons. The van der Waals surface area contributed by atoms with Crippen LogP contribution in [-0.2, 0) is 16.6 Å². The van der Waals surface area contributed by atoms with Crippen molar-refractivity contribution in [1.82, 2.24) is 9.62 Å². The Labute approximate surface area is 125 Å². The van der Waals surface area contributed by atoms with Crippen LogP contribution >= 0.6 is 11.3 Å². The van der Waals surface area contributed by atoms with E-state index >= 15 is 0 Å². The maximum absolute atomic E-state index is 12.2. The van der Waals surface area contributed by atoms with Crippen molar-refractivity contribution in [1.29, 1.82) is 0 Å². The summed E-state index contributed by atoms with van der Waals surface area (Å²) in [5, 5.41) is 1.80. The number of sulfonamides is 1. The fourth-order valence-corrected chi connectivity index (χ4v) is 4.78. The Hall–Kier alpha value is -0.470. The van der Waals surface area contributed by atoms with Gasteiger partial charge in [-0.05, 0) is 49.7 Å². The number of rotatable bonds is 6. The average molecular weight is 317 g/mol. The van der Waals surface area contributed by atoms with Crippen molar-refractivity contribution >= 4 is 21.4 Å².